The van der Waals surface area contributed by atoms with Crippen LogP contribution in [-0.2, 0) is 4.74 Å². The molecule has 2 aliphatic rings. The first-order chi connectivity index (χ1) is 10.9. The van der Waals surface area contributed by atoms with Gasteiger partial charge in [0, 0.05) is 18.1 Å². The van der Waals surface area contributed by atoms with E-state index in [4.69, 9.17) is 9.47 Å². The Morgan fingerprint density at radius 3 is 2.77 bits per heavy atom. The van der Waals surface area contributed by atoms with Crippen LogP contribution in [0.5, 0.6) is 5.75 Å². The predicted molar refractivity (Wildman–Crippen MR) is 87.2 cm³/mol. The van der Waals surface area contributed by atoms with Crippen LogP contribution in [-0.4, -0.2) is 13.7 Å². The van der Waals surface area contributed by atoms with Gasteiger partial charge >= 0.3 is 0 Å². The Labute approximate surface area is 131 Å². The maximum Gasteiger partial charge on any atom is 0.142 e. The van der Waals surface area contributed by atoms with E-state index in [1.807, 2.05) is 6.07 Å². The zero-order chi connectivity index (χ0) is 14.9. The molecule has 3 nitrogen and oxygen atoms in total. The molecule has 0 bridgehead atoms. The summed E-state index contributed by atoms with van der Waals surface area (Å²) in [6.07, 6.45) is 2.48. The monoisotopic (exact) mass is 295 g/mol. The summed E-state index contributed by atoms with van der Waals surface area (Å²) < 4.78 is 11.7. The lowest BCUT2D eigenvalue weighted by Crippen LogP contribution is -2.36. The summed E-state index contributed by atoms with van der Waals surface area (Å²) in [6.45, 7) is 0.847. The van der Waals surface area contributed by atoms with Crippen molar-refractivity contribution in [3.63, 3.8) is 0 Å². The molecule has 0 amide bonds. The third-order valence-electron chi connectivity index (χ3n) is 4.84. The van der Waals surface area contributed by atoms with Crippen molar-refractivity contribution in [2.24, 2.45) is 5.92 Å². The van der Waals surface area contributed by atoms with E-state index in [1.165, 1.54) is 17.5 Å². The van der Waals surface area contributed by atoms with Gasteiger partial charge < -0.3 is 14.8 Å². The minimum absolute atomic E-state index is 0.158. The Kier molecular flexibility index (Phi) is 3.51. The van der Waals surface area contributed by atoms with Crippen molar-refractivity contribution in [1.82, 2.24) is 0 Å². The Balaban J connectivity index is 1.81. The molecule has 0 saturated carbocycles. The second-order valence-electron chi connectivity index (χ2n) is 6.05. The van der Waals surface area contributed by atoms with E-state index >= 15 is 0 Å². The fourth-order valence-corrected chi connectivity index (χ4v) is 3.83. The maximum absolute atomic E-state index is 6.16. The van der Waals surface area contributed by atoms with Crippen LogP contribution >= 0.6 is 0 Å². The van der Waals surface area contributed by atoms with E-state index in [1.54, 1.807) is 7.11 Å². The minimum Gasteiger partial charge on any atom is -0.495 e. The van der Waals surface area contributed by atoms with Gasteiger partial charge in [-0.25, -0.2) is 0 Å². The van der Waals surface area contributed by atoms with Crippen LogP contribution in [0.25, 0.3) is 0 Å². The Morgan fingerprint density at radius 2 is 1.95 bits per heavy atom. The molecule has 22 heavy (non-hydrogen) atoms. The molecule has 1 fully saturated rings. The molecule has 0 aromatic heterocycles. The number of fused-ring (bicyclic) bond motifs is 3. The maximum atomic E-state index is 6.16. The van der Waals surface area contributed by atoms with E-state index in [-0.39, 0.29) is 12.1 Å². The SMILES string of the molecule is COc1cccc2c1N[C@@H](c1ccccc1)C1CCCOC21. The fraction of sp³-hybridized carbons (Fsp3) is 0.368. The molecule has 0 spiro atoms. The number of hydrogen-bond acceptors (Lipinski definition) is 3. The number of hydrogen-bond donors (Lipinski definition) is 1. The lowest BCUT2D eigenvalue weighted by Gasteiger charge is -2.43. The molecular weight excluding hydrogens is 274 g/mol. The number of nitrogens with one attached hydrogen (secondary N) is 1. The molecule has 2 aromatic carbocycles. The standard InChI is InChI=1S/C19H21NO2/c1-21-16-11-5-9-15-18(16)20-17(13-7-3-2-4-8-13)14-10-6-12-22-19(14)15/h2-5,7-9,11,14,17,19-20H,6,10,12H2,1H3/t14?,17-,19?/m0/s1. The highest BCUT2D eigenvalue weighted by Gasteiger charge is 2.40. The van der Waals surface area contributed by atoms with Crippen molar-refractivity contribution in [3.8, 4) is 5.75 Å². The lowest BCUT2D eigenvalue weighted by atomic mass is 9.77. The van der Waals surface area contributed by atoms with Crippen LogP contribution in [0.1, 0.15) is 36.1 Å². The largest absolute Gasteiger partial charge is 0.495 e. The normalized spacial score (nSPS) is 26.5. The van der Waals surface area contributed by atoms with Crippen molar-refractivity contribution in [2.45, 2.75) is 25.0 Å². The average molecular weight is 295 g/mol. The summed E-state index contributed by atoms with van der Waals surface area (Å²) in [4.78, 5) is 0. The molecule has 2 aromatic rings. The number of benzene rings is 2. The molecule has 2 unspecified atom stereocenters. The summed E-state index contributed by atoms with van der Waals surface area (Å²) >= 11 is 0. The van der Waals surface area contributed by atoms with Crippen molar-refractivity contribution >= 4 is 5.69 Å². The highest BCUT2D eigenvalue weighted by atomic mass is 16.5. The molecule has 0 aliphatic carbocycles. The molecule has 3 heteroatoms. The molecule has 4 rings (SSSR count). The van der Waals surface area contributed by atoms with Crippen LogP contribution in [0.15, 0.2) is 48.5 Å². The van der Waals surface area contributed by atoms with Crippen LogP contribution in [0.2, 0.25) is 0 Å². The Morgan fingerprint density at radius 1 is 1.09 bits per heavy atom. The Hall–Kier alpha value is -2.00. The van der Waals surface area contributed by atoms with Gasteiger partial charge in [0.15, 0.2) is 0 Å². The first-order valence-corrected chi connectivity index (χ1v) is 7.98. The summed E-state index contributed by atoms with van der Waals surface area (Å²) in [5.74, 6) is 1.36. The van der Waals surface area contributed by atoms with E-state index < -0.39 is 0 Å². The summed E-state index contributed by atoms with van der Waals surface area (Å²) in [6, 6.07) is 17.2. The van der Waals surface area contributed by atoms with Crippen molar-refractivity contribution in [1.29, 1.82) is 0 Å². The molecule has 2 aliphatic heterocycles. The smallest absolute Gasteiger partial charge is 0.142 e. The van der Waals surface area contributed by atoms with Crippen LogP contribution < -0.4 is 10.1 Å². The summed E-state index contributed by atoms with van der Waals surface area (Å²) in [5.41, 5.74) is 3.64. The topological polar surface area (TPSA) is 30.5 Å². The highest BCUT2D eigenvalue weighted by molar-refractivity contribution is 5.66. The minimum atomic E-state index is 0.158. The van der Waals surface area contributed by atoms with Crippen molar-refractivity contribution in [3.05, 3.63) is 59.7 Å². The third kappa shape index (κ3) is 2.17. The molecular formula is C19H21NO2. The highest BCUT2D eigenvalue weighted by Crippen LogP contribution is 2.51. The molecule has 114 valence electrons. The van der Waals surface area contributed by atoms with Crippen LogP contribution in [0, 0.1) is 5.92 Å². The quantitative estimate of drug-likeness (QED) is 0.894. The van der Waals surface area contributed by atoms with Gasteiger partial charge in [0.1, 0.15) is 5.75 Å². The van der Waals surface area contributed by atoms with Gasteiger partial charge in [-0.1, -0.05) is 42.5 Å². The molecule has 2 heterocycles. The van der Waals surface area contributed by atoms with Gasteiger partial charge in [0.25, 0.3) is 0 Å². The first-order valence-electron chi connectivity index (χ1n) is 7.98. The average Bonchev–Trinajstić information content (AvgIpc) is 2.61. The number of anilines is 1. The number of methoxy groups -OCH3 is 1. The first kappa shape index (κ1) is 13.6. The third-order valence-corrected chi connectivity index (χ3v) is 4.84. The van der Waals surface area contributed by atoms with Gasteiger partial charge in [-0.3, -0.25) is 0 Å². The van der Waals surface area contributed by atoms with E-state index in [0.29, 0.717) is 5.92 Å². The molecule has 1 saturated heterocycles. The van der Waals surface area contributed by atoms with Crippen LogP contribution in [0.3, 0.4) is 0 Å². The summed E-state index contributed by atoms with van der Waals surface area (Å²) in [7, 11) is 1.72. The van der Waals surface area contributed by atoms with Crippen LogP contribution in [0.4, 0.5) is 5.69 Å². The number of ether oxygens (including phenoxy) is 2. The summed E-state index contributed by atoms with van der Waals surface area (Å²) in [5, 5.41) is 3.73. The van der Waals surface area contributed by atoms with E-state index in [0.717, 1.165) is 24.5 Å². The molecule has 3 atom stereocenters. The zero-order valence-electron chi connectivity index (χ0n) is 12.8. The van der Waals surface area contributed by atoms with Crippen molar-refractivity contribution in [2.75, 3.05) is 19.0 Å². The number of para-hydroxylation sites is 1. The van der Waals surface area contributed by atoms with E-state index in [2.05, 4.69) is 47.8 Å². The predicted octanol–water partition coefficient (Wildman–Crippen LogP) is 4.33. The van der Waals surface area contributed by atoms with Gasteiger partial charge in [-0.05, 0) is 24.5 Å². The second kappa shape index (κ2) is 5.65. The van der Waals surface area contributed by atoms with Gasteiger partial charge in [0.2, 0.25) is 0 Å². The van der Waals surface area contributed by atoms with Gasteiger partial charge in [0.05, 0.1) is 24.9 Å². The second-order valence-corrected chi connectivity index (χ2v) is 6.05. The van der Waals surface area contributed by atoms with Crippen molar-refractivity contribution < 1.29 is 9.47 Å². The molecule has 1 N–H and O–H groups in total. The fourth-order valence-electron chi connectivity index (χ4n) is 3.83. The van der Waals surface area contributed by atoms with Gasteiger partial charge in [-0.2, -0.15) is 0 Å². The number of rotatable bonds is 2. The Bertz CT molecular complexity index is 656. The lowest BCUT2D eigenvalue weighted by molar-refractivity contribution is -0.0382. The van der Waals surface area contributed by atoms with Gasteiger partial charge in [-0.15, -0.1) is 0 Å². The zero-order valence-corrected chi connectivity index (χ0v) is 12.8. The van der Waals surface area contributed by atoms with E-state index in [9.17, 15) is 0 Å². The molecule has 0 radical (unpaired) electrons.